The third-order valence-corrected chi connectivity index (χ3v) is 3.08. The van der Waals surface area contributed by atoms with Crippen molar-refractivity contribution in [3.05, 3.63) is 0 Å². The van der Waals surface area contributed by atoms with Crippen molar-refractivity contribution in [1.82, 2.24) is 5.32 Å². The van der Waals surface area contributed by atoms with Crippen LogP contribution in [-0.4, -0.2) is 37.0 Å². The summed E-state index contributed by atoms with van der Waals surface area (Å²) in [5.41, 5.74) is -0.0316. The molecular formula is C11H23NO2. The van der Waals surface area contributed by atoms with Gasteiger partial charge < -0.3 is 15.2 Å². The molecule has 1 aliphatic carbocycles. The summed E-state index contributed by atoms with van der Waals surface area (Å²) < 4.78 is 5.09. The summed E-state index contributed by atoms with van der Waals surface area (Å²) in [6.45, 7) is 3.07. The van der Waals surface area contributed by atoms with E-state index in [9.17, 15) is 5.11 Å². The number of methoxy groups -OCH3 is 1. The third-order valence-electron chi connectivity index (χ3n) is 3.08. The molecule has 1 saturated carbocycles. The van der Waals surface area contributed by atoms with Gasteiger partial charge in [-0.15, -0.1) is 0 Å². The summed E-state index contributed by atoms with van der Waals surface area (Å²) in [5, 5.41) is 13.0. The quantitative estimate of drug-likeness (QED) is 0.704. The molecule has 1 fully saturated rings. The Hall–Kier alpha value is -0.120. The maximum absolute atomic E-state index is 9.46. The molecule has 0 heterocycles. The second-order valence-electron chi connectivity index (χ2n) is 4.50. The van der Waals surface area contributed by atoms with Crippen molar-refractivity contribution in [2.75, 3.05) is 20.3 Å². The van der Waals surface area contributed by atoms with Crippen molar-refractivity contribution in [3.8, 4) is 0 Å². The molecule has 1 rings (SSSR count). The predicted molar refractivity (Wildman–Crippen MR) is 57.4 cm³/mol. The van der Waals surface area contributed by atoms with Gasteiger partial charge in [-0.2, -0.15) is 0 Å². The Kier molecular flexibility index (Phi) is 4.85. The Labute approximate surface area is 86.8 Å². The molecule has 14 heavy (non-hydrogen) atoms. The molecule has 3 nitrogen and oxygen atoms in total. The highest BCUT2D eigenvalue weighted by Gasteiger charge is 2.31. The second-order valence-corrected chi connectivity index (χ2v) is 4.50. The van der Waals surface area contributed by atoms with Gasteiger partial charge in [0, 0.05) is 18.7 Å². The van der Waals surface area contributed by atoms with Gasteiger partial charge in [0.05, 0.1) is 13.2 Å². The van der Waals surface area contributed by atoms with Crippen LogP contribution < -0.4 is 5.32 Å². The van der Waals surface area contributed by atoms with E-state index >= 15 is 0 Å². The van der Waals surface area contributed by atoms with Crippen molar-refractivity contribution in [1.29, 1.82) is 0 Å². The van der Waals surface area contributed by atoms with Gasteiger partial charge in [0.2, 0.25) is 0 Å². The van der Waals surface area contributed by atoms with Crippen LogP contribution in [0, 0.1) is 0 Å². The standard InChI is InChI=1S/C11H23NO2/c1-10(8-14-2)12-11(9-13)6-4-3-5-7-11/h10,12-13H,3-9H2,1-2H3. The van der Waals surface area contributed by atoms with Gasteiger partial charge in [0.25, 0.3) is 0 Å². The zero-order chi connectivity index (χ0) is 10.4. The third kappa shape index (κ3) is 3.23. The highest BCUT2D eigenvalue weighted by Crippen LogP contribution is 2.28. The van der Waals surface area contributed by atoms with Crippen LogP contribution in [0.2, 0.25) is 0 Å². The molecular weight excluding hydrogens is 178 g/mol. The number of hydrogen-bond donors (Lipinski definition) is 2. The lowest BCUT2D eigenvalue weighted by atomic mass is 9.82. The summed E-state index contributed by atoms with van der Waals surface area (Å²) in [7, 11) is 1.71. The van der Waals surface area contributed by atoms with Crippen LogP contribution in [0.4, 0.5) is 0 Å². The monoisotopic (exact) mass is 201 g/mol. The molecule has 3 heteroatoms. The minimum atomic E-state index is -0.0316. The lowest BCUT2D eigenvalue weighted by Crippen LogP contribution is -2.54. The van der Waals surface area contributed by atoms with Crippen LogP contribution in [-0.2, 0) is 4.74 Å². The summed E-state index contributed by atoms with van der Waals surface area (Å²) >= 11 is 0. The molecule has 0 aromatic rings. The van der Waals surface area contributed by atoms with Crippen molar-refractivity contribution < 1.29 is 9.84 Å². The smallest absolute Gasteiger partial charge is 0.0613 e. The van der Waals surface area contributed by atoms with Crippen LogP contribution >= 0.6 is 0 Å². The van der Waals surface area contributed by atoms with E-state index in [-0.39, 0.29) is 12.1 Å². The Morgan fingerprint density at radius 1 is 1.36 bits per heavy atom. The van der Waals surface area contributed by atoms with Crippen molar-refractivity contribution in [3.63, 3.8) is 0 Å². The molecule has 1 atom stereocenters. The summed E-state index contributed by atoms with van der Waals surface area (Å²) in [6, 6.07) is 0.324. The number of nitrogens with one attached hydrogen (secondary N) is 1. The van der Waals surface area contributed by atoms with Gasteiger partial charge in [0.15, 0.2) is 0 Å². The Morgan fingerprint density at radius 2 is 2.00 bits per heavy atom. The molecule has 0 radical (unpaired) electrons. The van der Waals surface area contributed by atoms with Gasteiger partial charge in [-0.3, -0.25) is 0 Å². The molecule has 0 bridgehead atoms. The molecule has 0 aromatic carbocycles. The first-order valence-corrected chi connectivity index (χ1v) is 5.60. The first kappa shape index (κ1) is 12.0. The largest absolute Gasteiger partial charge is 0.394 e. The number of aliphatic hydroxyl groups is 1. The normalized spacial score (nSPS) is 23.4. The Morgan fingerprint density at radius 3 is 2.50 bits per heavy atom. The van der Waals surface area contributed by atoms with Crippen LogP contribution in [0.1, 0.15) is 39.0 Å². The fraction of sp³-hybridized carbons (Fsp3) is 1.00. The zero-order valence-corrected chi connectivity index (χ0v) is 9.38. The van der Waals surface area contributed by atoms with Crippen LogP contribution in [0.3, 0.4) is 0 Å². The lowest BCUT2D eigenvalue weighted by Gasteiger charge is -2.38. The SMILES string of the molecule is COCC(C)NC1(CO)CCCCC1. The van der Waals surface area contributed by atoms with E-state index in [1.807, 2.05) is 0 Å². The lowest BCUT2D eigenvalue weighted by molar-refractivity contribution is 0.0874. The molecule has 2 N–H and O–H groups in total. The number of rotatable bonds is 5. The number of hydrogen-bond acceptors (Lipinski definition) is 3. The molecule has 84 valence electrons. The van der Waals surface area contributed by atoms with E-state index in [0.29, 0.717) is 12.6 Å². The van der Waals surface area contributed by atoms with Crippen LogP contribution in [0.15, 0.2) is 0 Å². The van der Waals surface area contributed by atoms with Gasteiger partial charge in [-0.05, 0) is 19.8 Å². The summed E-state index contributed by atoms with van der Waals surface area (Å²) in [6.07, 6.45) is 5.96. The highest BCUT2D eigenvalue weighted by molar-refractivity contribution is 4.91. The second kappa shape index (κ2) is 5.69. The summed E-state index contributed by atoms with van der Waals surface area (Å²) in [4.78, 5) is 0. The molecule has 0 spiro atoms. The molecule has 0 aliphatic heterocycles. The van der Waals surface area contributed by atoms with Gasteiger partial charge in [0.1, 0.15) is 0 Å². The van der Waals surface area contributed by atoms with E-state index in [2.05, 4.69) is 12.2 Å². The number of aliphatic hydroxyl groups excluding tert-OH is 1. The fourth-order valence-corrected chi connectivity index (χ4v) is 2.39. The Balaban J connectivity index is 2.42. The van der Waals surface area contributed by atoms with Crippen molar-refractivity contribution in [2.24, 2.45) is 0 Å². The first-order chi connectivity index (χ1) is 6.72. The zero-order valence-electron chi connectivity index (χ0n) is 9.38. The highest BCUT2D eigenvalue weighted by atomic mass is 16.5. The van der Waals surface area contributed by atoms with E-state index in [1.54, 1.807) is 7.11 Å². The fourth-order valence-electron chi connectivity index (χ4n) is 2.39. The predicted octanol–water partition coefficient (Wildman–Crippen LogP) is 1.31. The van der Waals surface area contributed by atoms with E-state index in [4.69, 9.17) is 4.74 Å². The van der Waals surface area contributed by atoms with E-state index in [0.717, 1.165) is 12.8 Å². The van der Waals surface area contributed by atoms with Crippen molar-refractivity contribution >= 4 is 0 Å². The van der Waals surface area contributed by atoms with Gasteiger partial charge >= 0.3 is 0 Å². The van der Waals surface area contributed by atoms with Crippen LogP contribution in [0.25, 0.3) is 0 Å². The molecule has 1 aliphatic rings. The first-order valence-electron chi connectivity index (χ1n) is 5.60. The average Bonchev–Trinajstić information content (AvgIpc) is 2.19. The summed E-state index contributed by atoms with van der Waals surface area (Å²) in [5.74, 6) is 0. The molecule has 0 aromatic heterocycles. The maximum Gasteiger partial charge on any atom is 0.0613 e. The molecule has 1 unspecified atom stereocenters. The minimum absolute atomic E-state index is 0.0316. The minimum Gasteiger partial charge on any atom is -0.394 e. The topological polar surface area (TPSA) is 41.5 Å². The number of ether oxygens (including phenoxy) is 1. The van der Waals surface area contributed by atoms with Gasteiger partial charge in [-0.1, -0.05) is 19.3 Å². The van der Waals surface area contributed by atoms with Crippen molar-refractivity contribution in [2.45, 2.75) is 50.6 Å². The average molecular weight is 201 g/mol. The molecule has 0 saturated heterocycles. The van der Waals surface area contributed by atoms with E-state index in [1.165, 1.54) is 19.3 Å². The maximum atomic E-state index is 9.46. The Bertz CT molecular complexity index is 155. The molecule has 0 amide bonds. The van der Waals surface area contributed by atoms with Gasteiger partial charge in [-0.25, -0.2) is 0 Å². The van der Waals surface area contributed by atoms with Crippen LogP contribution in [0.5, 0.6) is 0 Å². The van der Waals surface area contributed by atoms with E-state index < -0.39 is 0 Å².